The summed E-state index contributed by atoms with van der Waals surface area (Å²) in [6.45, 7) is 0.566. The van der Waals surface area contributed by atoms with Gasteiger partial charge >= 0.3 is 0 Å². The summed E-state index contributed by atoms with van der Waals surface area (Å²) >= 11 is 0. The molecule has 0 aliphatic rings. The number of hydrogen-bond donors (Lipinski definition) is 1. The summed E-state index contributed by atoms with van der Waals surface area (Å²) in [5.41, 5.74) is 8.25. The van der Waals surface area contributed by atoms with Crippen LogP contribution in [0, 0.1) is 0 Å². The molecule has 1 aromatic carbocycles. The molecule has 0 radical (unpaired) electrons. The molecule has 5 nitrogen and oxygen atoms in total. The number of nitrogens with two attached hydrogens (primary N) is 1. The van der Waals surface area contributed by atoms with E-state index in [1.54, 1.807) is 12.3 Å². The van der Waals surface area contributed by atoms with Crippen LogP contribution >= 0.6 is 0 Å². The van der Waals surface area contributed by atoms with Gasteiger partial charge in [-0.05, 0) is 24.1 Å². The van der Waals surface area contributed by atoms with Gasteiger partial charge in [-0.3, -0.25) is 4.79 Å². The molecule has 1 heterocycles. The molecule has 100 valence electrons. The summed E-state index contributed by atoms with van der Waals surface area (Å²) in [4.78, 5) is 13.7. The van der Waals surface area contributed by atoms with Crippen LogP contribution in [0.2, 0.25) is 0 Å². The summed E-state index contributed by atoms with van der Waals surface area (Å²) in [5, 5.41) is 4.17. The zero-order valence-electron chi connectivity index (χ0n) is 11.2. The number of aromatic nitrogens is 2. The summed E-state index contributed by atoms with van der Waals surface area (Å²) in [7, 11) is 3.77. The Labute approximate surface area is 112 Å². The zero-order valence-corrected chi connectivity index (χ0v) is 11.2. The summed E-state index contributed by atoms with van der Waals surface area (Å²) in [6.07, 6.45) is 2.46. The van der Waals surface area contributed by atoms with Gasteiger partial charge in [-0.25, -0.2) is 4.68 Å². The third-order valence-electron chi connectivity index (χ3n) is 2.96. The van der Waals surface area contributed by atoms with Gasteiger partial charge in [0.05, 0.1) is 11.9 Å². The second-order valence-electron chi connectivity index (χ2n) is 4.66. The van der Waals surface area contributed by atoms with Crippen molar-refractivity contribution in [2.75, 3.05) is 24.7 Å². The molecule has 5 heteroatoms. The highest BCUT2D eigenvalue weighted by molar-refractivity contribution is 5.40. The minimum atomic E-state index is -0.0818. The van der Waals surface area contributed by atoms with Crippen molar-refractivity contribution in [2.45, 2.75) is 13.0 Å². The Kier molecular flexibility index (Phi) is 3.85. The van der Waals surface area contributed by atoms with Gasteiger partial charge in [-0.15, -0.1) is 0 Å². The second-order valence-corrected chi connectivity index (χ2v) is 4.66. The maximum atomic E-state index is 11.9. The van der Waals surface area contributed by atoms with E-state index in [2.05, 4.69) is 5.10 Å². The molecule has 1 aromatic heterocycles. The van der Waals surface area contributed by atoms with Crippen molar-refractivity contribution in [1.29, 1.82) is 0 Å². The molecule has 0 aliphatic heterocycles. The third kappa shape index (κ3) is 3.34. The average Bonchev–Trinajstić information content (AvgIpc) is 2.39. The normalized spacial score (nSPS) is 10.4. The SMILES string of the molecule is CN(C)c1cnn(CCc2ccc(N)cc2)c(=O)c1. The maximum Gasteiger partial charge on any atom is 0.268 e. The molecule has 19 heavy (non-hydrogen) atoms. The molecule has 2 aromatic rings. The first-order valence-electron chi connectivity index (χ1n) is 6.15. The van der Waals surface area contributed by atoms with E-state index in [0.717, 1.165) is 23.4 Å². The van der Waals surface area contributed by atoms with Gasteiger partial charge in [0.25, 0.3) is 5.56 Å². The number of rotatable bonds is 4. The first-order chi connectivity index (χ1) is 9.06. The quantitative estimate of drug-likeness (QED) is 0.835. The Balaban J connectivity index is 2.07. The van der Waals surface area contributed by atoms with Gasteiger partial charge in [0.15, 0.2) is 0 Å². The van der Waals surface area contributed by atoms with Crippen molar-refractivity contribution in [1.82, 2.24) is 9.78 Å². The molecule has 0 bridgehead atoms. The molecular weight excluding hydrogens is 240 g/mol. The lowest BCUT2D eigenvalue weighted by Crippen LogP contribution is -2.25. The van der Waals surface area contributed by atoms with E-state index in [1.807, 2.05) is 43.3 Å². The fourth-order valence-corrected chi connectivity index (χ4v) is 1.76. The highest BCUT2D eigenvalue weighted by Gasteiger charge is 2.02. The lowest BCUT2D eigenvalue weighted by atomic mass is 10.1. The Bertz CT molecular complexity index is 602. The topological polar surface area (TPSA) is 64.2 Å². The molecule has 0 aliphatic carbocycles. The monoisotopic (exact) mass is 258 g/mol. The summed E-state index contributed by atoms with van der Waals surface area (Å²) in [5.74, 6) is 0. The maximum absolute atomic E-state index is 11.9. The molecule has 2 rings (SSSR count). The first kappa shape index (κ1) is 13.1. The van der Waals surface area contributed by atoms with Crippen molar-refractivity contribution in [3.63, 3.8) is 0 Å². The molecule has 2 N–H and O–H groups in total. The van der Waals surface area contributed by atoms with Gasteiger partial charge in [-0.2, -0.15) is 5.10 Å². The molecule has 0 unspecified atom stereocenters. The van der Waals surface area contributed by atoms with Crippen LogP contribution in [-0.4, -0.2) is 23.9 Å². The van der Waals surface area contributed by atoms with Crippen molar-refractivity contribution < 1.29 is 0 Å². The summed E-state index contributed by atoms with van der Waals surface area (Å²) < 4.78 is 1.48. The van der Waals surface area contributed by atoms with E-state index >= 15 is 0 Å². The van der Waals surface area contributed by atoms with Crippen LogP contribution in [-0.2, 0) is 13.0 Å². The van der Waals surface area contributed by atoms with Gasteiger partial charge in [0.1, 0.15) is 0 Å². The first-order valence-corrected chi connectivity index (χ1v) is 6.15. The highest BCUT2D eigenvalue weighted by atomic mass is 16.1. The number of anilines is 2. The van der Waals surface area contributed by atoms with Gasteiger partial charge in [0.2, 0.25) is 0 Å². The van der Waals surface area contributed by atoms with Gasteiger partial charge in [-0.1, -0.05) is 12.1 Å². The lowest BCUT2D eigenvalue weighted by Gasteiger charge is -2.12. The molecule has 0 atom stereocenters. The molecular formula is C14H18N4O. The van der Waals surface area contributed by atoms with Gasteiger partial charge in [0, 0.05) is 32.4 Å². The van der Waals surface area contributed by atoms with E-state index in [9.17, 15) is 4.79 Å². The Hall–Kier alpha value is -2.30. The predicted molar refractivity (Wildman–Crippen MR) is 77.4 cm³/mol. The van der Waals surface area contributed by atoms with Crippen molar-refractivity contribution >= 4 is 11.4 Å². The average molecular weight is 258 g/mol. The smallest absolute Gasteiger partial charge is 0.268 e. The van der Waals surface area contributed by atoms with Crippen LogP contribution in [0.15, 0.2) is 41.3 Å². The number of hydrogen-bond acceptors (Lipinski definition) is 4. The van der Waals surface area contributed by atoms with E-state index in [4.69, 9.17) is 5.73 Å². The largest absolute Gasteiger partial charge is 0.399 e. The lowest BCUT2D eigenvalue weighted by molar-refractivity contribution is 0.578. The predicted octanol–water partition coefficient (Wildman–Crippen LogP) is 1.13. The fourth-order valence-electron chi connectivity index (χ4n) is 1.76. The van der Waals surface area contributed by atoms with Crippen LogP contribution in [0.1, 0.15) is 5.56 Å². The molecule has 0 fully saturated rings. The Morgan fingerprint density at radius 3 is 2.53 bits per heavy atom. The van der Waals surface area contributed by atoms with Gasteiger partial charge < -0.3 is 10.6 Å². The van der Waals surface area contributed by atoms with Crippen LogP contribution in [0.4, 0.5) is 11.4 Å². The summed E-state index contributed by atoms with van der Waals surface area (Å²) in [6, 6.07) is 9.25. The number of nitrogen functional groups attached to an aromatic ring is 1. The third-order valence-corrected chi connectivity index (χ3v) is 2.96. The van der Waals surface area contributed by atoms with E-state index in [1.165, 1.54) is 4.68 Å². The van der Waals surface area contributed by atoms with Crippen LogP contribution in [0.5, 0.6) is 0 Å². The molecule has 0 amide bonds. The van der Waals surface area contributed by atoms with Crippen LogP contribution < -0.4 is 16.2 Å². The Morgan fingerprint density at radius 2 is 1.95 bits per heavy atom. The van der Waals surface area contributed by atoms with E-state index in [-0.39, 0.29) is 5.56 Å². The van der Waals surface area contributed by atoms with E-state index < -0.39 is 0 Å². The number of aryl methyl sites for hydroxylation is 2. The van der Waals surface area contributed by atoms with Crippen LogP contribution in [0.25, 0.3) is 0 Å². The van der Waals surface area contributed by atoms with Crippen molar-refractivity contribution in [2.24, 2.45) is 0 Å². The molecule has 0 spiro atoms. The highest BCUT2D eigenvalue weighted by Crippen LogP contribution is 2.07. The minimum Gasteiger partial charge on any atom is -0.399 e. The van der Waals surface area contributed by atoms with Crippen molar-refractivity contribution in [3.8, 4) is 0 Å². The standard InChI is InChI=1S/C14H18N4O/c1-17(2)13-9-14(19)18(16-10-13)8-7-11-3-5-12(15)6-4-11/h3-6,9-10H,7-8,15H2,1-2H3. The van der Waals surface area contributed by atoms with Crippen molar-refractivity contribution in [3.05, 3.63) is 52.4 Å². The molecule has 0 saturated carbocycles. The Morgan fingerprint density at radius 1 is 1.26 bits per heavy atom. The van der Waals surface area contributed by atoms with E-state index in [0.29, 0.717) is 6.54 Å². The molecule has 0 saturated heterocycles. The minimum absolute atomic E-state index is 0.0818. The second kappa shape index (κ2) is 5.56. The fraction of sp³-hybridized carbons (Fsp3) is 0.286. The van der Waals surface area contributed by atoms with Crippen LogP contribution in [0.3, 0.4) is 0 Å². The number of nitrogens with zero attached hydrogens (tertiary/aromatic N) is 3. The zero-order chi connectivity index (χ0) is 13.8. The number of benzene rings is 1.